The van der Waals surface area contributed by atoms with E-state index in [0.717, 1.165) is 23.4 Å². The molecule has 0 unspecified atom stereocenters. The van der Waals surface area contributed by atoms with E-state index >= 15 is 0 Å². The predicted octanol–water partition coefficient (Wildman–Crippen LogP) is -0.130. The minimum atomic E-state index is -1.17. The monoisotopic (exact) mass is 383 g/mol. The van der Waals surface area contributed by atoms with Crippen molar-refractivity contribution in [2.75, 3.05) is 5.75 Å². The quantitative estimate of drug-likeness (QED) is 0.589. The standard InChI is InChI=1S/C22H19NO3S.Li/c24-19-11-16(10-15-6-3-5-13-4-1-2-7-17(13)15)20(14-8-9-14)21-23(19)18(12-27-21)22(25)26;/h1-7,11,14,18H,8-10,12H2,(H,25,26);/q;+1/p-1/t18-;/m0./s1. The fourth-order valence-electron chi connectivity index (χ4n) is 4.12. The van der Waals surface area contributed by atoms with Gasteiger partial charge >= 0.3 is 18.9 Å². The van der Waals surface area contributed by atoms with Crippen LogP contribution in [0.3, 0.4) is 0 Å². The topological polar surface area (TPSA) is 62.1 Å². The van der Waals surface area contributed by atoms with Crippen molar-refractivity contribution >= 4 is 28.5 Å². The molecule has 2 aromatic carbocycles. The van der Waals surface area contributed by atoms with E-state index < -0.39 is 12.0 Å². The van der Waals surface area contributed by atoms with Crippen molar-refractivity contribution < 1.29 is 28.8 Å². The minimum Gasteiger partial charge on any atom is -0.548 e. The van der Waals surface area contributed by atoms with E-state index in [0.29, 0.717) is 18.1 Å². The molecule has 28 heavy (non-hydrogen) atoms. The molecule has 1 fully saturated rings. The molecule has 0 spiro atoms. The van der Waals surface area contributed by atoms with Gasteiger partial charge in [0.1, 0.15) is 0 Å². The predicted molar refractivity (Wildman–Crippen MR) is 104 cm³/mol. The van der Waals surface area contributed by atoms with Crippen molar-refractivity contribution in [3.8, 4) is 0 Å². The number of carbonyl (C=O) groups excluding carboxylic acids is 1. The normalized spacial score (nSPS) is 17.9. The van der Waals surface area contributed by atoms with Gasteiger partial charge in [0.25, 0.3) is 5.56 Å². The Bertz CT molecular complexity index is 1130. The molecule has 0 bridgehead atoms. The second kappa shape index (κ2) is 7.48. The van der Waals surface area contributed by atoms with Crippen LogP contribution in [-0.2, 0) is 11.2 Å². The Balaban J connectivity index is 0.00000192. The first kappa shape index (κ1) is 19.4. The number of hydrogen-bond donors (Lipinski definition) is 0. The summed E-state index contributed by atoms with van der Waals surface area (Å²) in [5.74, 6) is -0.369. The van der Waals surface area contributed by atoms with Crippen molar-refractivity contribution in [1.82, 2.24) is 4.57 Å². The Morgan fingerprint density at radius 1 is 1.11 bits per heavy atom. The van der Waals surface area contributed by atoms with Gasteiger partial charge in [-0.1, -0.05) is 42.5 Å². The number of hydrogen-bond acceptors (Lipinski definition) is 4. The van der Waals surface area contributed by atoms with Crippen LogP contribution in [-0.4, -0.2) is 16.3 Å². The summed E-state index contributed by atoms with van der Waals surface area (Å²) in [7, 11) is 0. The van der Waals surface area contributed by atoms with Gasteiger partial charge in [0.15, 0.2) is 0 Å². The molecule has 2 aliphatic rings. The van der Waals surface area contributed by atoms with E-state index in [1.807, 2.05) is 12.1 Å². The van der Waals surface area contributed by atoms with Crippen molar-refractivity contribution in [3.63, 3.8) is 0 Å². The van der Waals surface area contributed by atoms with Crippen LogP contribution >= 0.6 is 11.8 Å². The first-order valence-corrected chi connectivity index (χ1v) is 10.2. The third-order valence-corrected chi connectivity index (χ3v) is 6.71. The molecule has 0 saturated heterocycles. The van der Waals surface area contributed by atoms with Gasteiger partial charge in [0.05, 0.1) is 17.0 Å². The van der Waals surface area contributed by atoms with Gasteiger partial charge in [-0.2, -0.15) is 0 Å². The van der Waals surface area contributed by atoms with Gasteiger partial charge in [0.2, 0.25) is 0 Å². The third-order valence-electron chi connectivity index (χ3n) is 5.54. The van der Waals surface area contributed by atoms with Crippen molar-refractivity contribution in [2.45, 2.75) is 36.2 Å². The summed E-state index contributed by atoms with van der Waals surface area (Å²) in [4.78, 5) is 24.2. The van der Waals surface area contributed by atoms with Crippen LogP contribution in [0.25, 0.3) is 10.8 Å². The summed E-state index contributed by atoms with van der Waals surface area (Å²) in [6.07, 6.45) is 2.89. The molecular weight excluding hydrogens is 365 g/mol. The van der Waals surface area contributed by atoms with E-state index in [1.54, 1.807) is 6.07 Å². The van der Waals surface area contributed by atoms with Gasteiger partial charge in [-0.15, -0.1) is 11.8 Å². The SMILES string of the molecule is O=C([O-])[C@@H]1CSc2c(C3CC3)c(Cc3cccc4ccccc34)cc(=O)n21.[Li+]. The van der Waals surface area contributed by atoms with E-state index in [4.69, 9.17) is 0 Å². The maximum Gasteiger partial charge on any atom is 1.00 e. The smallest absolute Gasteiger partial charge is 0.548 e. The molecule has 1 aromatic heterocycles. The van der Waals surface area contributed by atoms with Crippen LogP contribution in [0.5, 0.6) is 0 Å². The van der Waals surface area contributed by atoms with E-state index in [2.05, 4.69) is 30.3 Å². The van der Waals surface area contributed by atoms with E-state index in [9.17, 15) is 14.7 Å². The molecule has 136 valence electrons. The molecule has 0 N–H and O–H groups in total. The van der Waals surface area contributed by atoms with Gasteiger partial charge in [-0.25, -0.2) is 0 Å². The Morgan fingerprint density at radius 2 is 1.86 bits per heavy atom. The Kier molecular flexibility index (Phi) is 5.18. The van der Waals surface area contributed by atoms with E-state index in [-0.39, 0.29) is 24.4 Å². The number of carbonyl (C=O) groups is 1. The molecule has 1 saturated carbocycles. The van der Waals surface area contributed by atoms with Gasteiger partial charge in [-0.05, 0) is 52.6 Å². The number of thioether (sulfide) groups is 1. The first-order chi connectivity index (χ1) is 13.1. The zero-order valence-corrected chi connectivity index (χ0v) is 16.5. The molecule has 1 aliphatic heterocycles. The van der Waals surface area contributed by atoms with Crippen molar-refractivity contribution in [3.05, 3.63) is 75.6 Å². The maximum atomic E-state index is 12.8. The second-order valence-electron chi connectivity index (χ2n) is 7.33. The van der Waals surface area contributed by atoms with Crippen molar-refractivity contribution in [2.24, 2.45) is 0 Å². The third kappa shape index (κ3) is 3.22. The van der Waals surface area contributed by atoms with Crippen LogP contribution in [0.4, 0.5) is 0 Å². The van der Waals surface area contributed by atoms with Crippen molar-refractivity contribution in [1.29, 1.82) is 0 Å². The molecule has 1 aliphatic carbocycles. The van der Waals surface area contributed by atoms with Crippen LogP contribution in [0.2, 0.25) is 0 Å². The zero-order chi connectivity index (χ0) is 18.5. The minimum absolute atomic E-state index is 0. The largest absolute Gasteiger partial charge is 1.00 e. The Hall–Kier alpha value is -1.93. The number of carboxylic acids is 1. The van der Waals surface area contributed by atoms with Gasteiger partial charge in [-0.3, -0.25) is 9.36 Å². The maximum absolute atomic E-state index is 12.8. The van der Waals surface area contributed by atoms with Crippen LogP contribution < -0.4 is 29.5 Å². The molecule has 1 atom stereocenters. The fourth-order valence-corrected chi connectivity index (χ4v) is 5.53. The molecule has 4 nitrogen and oxygen atoms in total. The number of aromatic nitrogens is 1. The summed E-state index contributed by atoms with van der Waals surface area (Å²) in [5, 5.41) is 14.7. The number of pyridine rings is 1. The van der Waals surface area contributed by atoms with Crippen LogP contribution in [0, 0.1) is 0 Å². The molecule has 0 amide bonds. The van der Waals surface area contributed by atoms with Gasteiger partial charge < -0.3 is 9.90 Å². The number of benzene rings is 2. The van der Waals surface area contributed by atoms with E-state index in [1.165, 1.54) is 38.2 Å². The number of aliphatic carboxylic acids is 1. The summed E-state index contributed by atoms with van der Waals surface area (Å²) in [5.41, 5.74) is 3.18. The summed E-state index contributed by atoms with van der Waals surface area (Å²) in [6.45, 7) is 0. The summed E-state index contributed by atoms with van der Waals surface area (Å²) in [6, 6.07) is 15.3. The zero-order valence-electron chi connectivity index (χ0n) is 15.7. The Morgan fingerprint density at radius 3 is 2.61 bits per heavy atom. The molecule has 5 rings (SSSR count). The molecule has 0 radical (unpaired) electrons. The van der Waals surface area contributed by atoms with Crippen LogP contribution in [0.1, 0.15) is 41.5 Å². The number of rotatable bonds is 4. The van der Waals surface area contributed by atoms with Crippen LogP contribution in [0.15, 0.2) is 58.4 Å². The fraction of sp³-hybridized carbons (Fsp3) is 0.273. The second-order valence-corrected chi connectivity index (χ2v) is 8.34. The molecule has 3 aromatic rings. The van der Waals surface area contributed by atoms with Gasteiger partial charge in [0, 0.05) is 11.8 Å². The molecule has 6 heteroatoms. The number of fused-ring (bicyclic) bond motifs is 2. The summed E-state index contributed by atoms with van der Waals surface area (Å²) >= 11 is 1.48. The first-order valence-electron chi connectivity index (χ1n) is 9.22. The summed E-state index contributed by atoms with van der Waals surface area (Å²) < 4.78 is 1.44. The average Bonchev–Trinajstić information content (AvgIpc) is 3.39. The molecule has 2 heterocycles. The number of carboxylic acid groups (broad SMARTS) is 1. The Labute approximate surface area is 179 Å². The average molecular weight is 383 g/mol. The number of nitrogens with zero attached hydrogens (tertiary/aromatic N) is 1. The molecular formula is C22H18LiNO3S.